The molecule has 0 aliphatic heterocycles. The van der Waals surface area contributed by atoms with E-state index >= 15 is 0 Å². The maximum Gasteiger partial charge on any atom is 0.179 e. The first-order valence-corrected chi connectivity index (χ1v) is 4.99. The maximum absolute atomic E-state index is 5.59. The lowest BCUT2D eigenvalue weighted by atomic mass is 10.2. The van der Waals surface area contributed by atoms with Gasteiger partial charge in [0.1, 0.15) is 11.6 Å². The zero-order valence-electron chi connectivity index (χ0n) is 8.91. The van der Waals surface area contributed by atoms with Crippen molar-refractivity contribution in [3.05, 3.63) is 18.0 Å². The van der Waals surface area contributed by atoms with E-state index < -0.39 is 0 Å². The van der Waals surface area contributed by atoms with E-state index in [1.807, 2.05) is 26.1 Å². The van der Waals surface area contributed by atoms with E-state index in [1.165, 1.54) is 0 Å². The van der Waals surface area contributed by atoms with Crippen molar-refractivity contribution in [2.24, 2.45) is 5.73 Å². The van der Waals surface area contributed by atoms with Gasteiger partial charge in [-0.3, -0.25) is 0 Å². The molecule has 2 aromatic rings. The highest BCUT2D eigenvalue weighted by atomic mass is 15.0. The van der Waals surface area contributed by atoms with E-state index in [9.17, 15) is 0 Å². The highest BCUT2D eigenvalue weighted by Crippen LogP contribution is 2.16. The quantitative estimate of drug-likeness (QED) is 0.700. The first-order chi connectivity index (χ1) is 7.24. The van der Waals surface area contributed by atoms with Crippen LogP contribution in [0.4, 0.5) is 5.82 Å². The number of fused-ring (bicyclic) bond motifs is 1. The van der Waals surface area contributed by atoms with Crippen molar-refractivity contribution in [3.63, 3.8) is 0 Å². The van der Waals surface area contributed by atoms with Crippen LogP contribution in [0.2, 0.25) is 0 Å². The summed E-state index contributed by atoms with van der Waals surface area (Å²) in [5.74, 6) is 1.95. The van der Waals surface area contributed by atoms with Crippen LogP contribution in [0, 0.1) is 0 Å². The molecule has 0 aliphatic carbocycles. The molecule has 0 saturated carbocycles. The number of aromatic amines is 1. The Hall–Kier alpha value is -1.62. The molecule has 0 aliphatic rings. The third-order valence-electron chi connectivity index (χ3n) is 2.44. The summed E-state index contributed by atoms with van der Waals surface area (Å²) >= 11 is 0. The molecule has 5 heteroatoms. The predicted octanol–water partition coefficient (Wildman–Crippen LogP) is 1.06. The minimum atomic E-state index is 0.234. The van der Waals surface area contributed by atoms with Crippen molar-refractivity contribution < 1.29 is 0 Å². The molecule has 80 valence electrons. The Morgan fingerprint density at radius 3 is 2.93 bits per heavy atom. The van der Waals surface area contributed by atoms with Crippen LogP contribution in [0.5, 0.6) is 0 Å². The number of pyridine rings is 1. The molecule has 0 spiro atoms. The van der Waals surface area contributed by atoms with E-state index in [4.69, 9.17) is 5.73 Å². The summed E-state index contributed by atoms with van der Waals surface area (Å²) in [4.78, 5) is 12.0. The Balaban J connectivity index is 2.46. The molecule has 0 aromatic carbocycles. The number of imidazole rings is 1. The van der Waals surface area contributed by atoms with Crippen molar-refractivity contribution in [3.8, 4) is 0 Å². The standard InChI is InChI=1S/C10H15N5/c1-6(5-11)9-13-7-3-4-8(12-2)14-10(7)15-9/h3-4,6H,5,11H2,1-2H3,(H2,12,13,14,15). The van der Waals surface area contributed by atoms with Crippen LogP contribution in [0.3, 0.4) is 0 Å². The van der Waals surface area contributed by atoms with Gasteiger partial charge in [-0.15, -0.1) is 0 Å². The minimum Gasteiger partial charge on any atom is -0.373 e. The van der Waals surface area contributed by atoms with Gasteiger partial charge < -0.3 is 16.0 Å². The second-order valence-electron chi connectivity index (χ2n) is 3.58. The highest BCUT2D eigenvalue weighted by Gasteiger charge is 2.09. The summed E-state index contributed by atoms with van der Waals surface area (Å²) in [5, 5.41) is 2.98. The molecule has 2 heterocycles. The molecule has 2 rings (SSSR count). The summed E-state index contributed by atoms with van der Waals surface area (Å²) in [5.41, 5.74) is 7.27. The number of nitrogens with zero attached hydrogens (tertiary/aromatic N) is 2. The van der Waals surface area contributed by atoms with Gasteiger partial charge in [-0.25, -0.2) is 9.97 Å². The van der Waals surface area contributed by atoms with E-state index in [0.29, 0.717) is 6.54 Å². The summed E-state index contributed by atoms with van der Waals surface area (Å²) in [7, 11) is 1.84. The average molecular weight is 205 g/mol. The molecule has 15 heavy (non-hydrogen) atoms. The number of anilines is 1. The van der Waals surface area contributed by atoms with Crippen LogP contribution in [-0.2, 0) is 0 Å². The second kappa shape index (κ2) is 3.86. The fourth-order valence-electron chi connectivity index (χ4n) is 1.40. The van der Waals surface area contributed by atoms with Crippen LogP contribution < -0.4 is 11.1 Å². The first-order valence-electron chi connectivity index (χ1n) is 4.99. The lowest BCUT2D eigenvalue weighted by Crippen LogP contribution is -2.10. The van der Waals surface area contributed by atoms with Gasteiger partial charge in [0.25, 0.3) is 0 Å². The van der Waals surface area contributed by atoms with Gasteiger partial charge in [0.2, 0.25) is 0 Å². The van der Waals surface area contributed by atoms with E-state index in [0.717, 1.165) is 22.8 Å². The lowest BCUT2D eigenvalue weighted by Gasteiger charge is -2.01. The van der Waals surface area contributed by atoms with E-state index in [-0.39, 0.29) is 5.92 Å². The molecule has 1 unspecified atom stereocenters. The van der Waals surface area contributed by atoms with E-state index in [1.54, 1.807) is 0 Å². The van der Waals surface area contributed by atoms with Crippen molar-refractivity contribution in [2.45, 2.75) is 12.8 Å². The van der Waals surface area contributed by atoms with Gasteiger partial charge in [0.15, 0.2) is 5.65 Å². The largest absolute Gasteiger partial charge is 0.373 e. The van der Waals surface area contributed by atoms with Crippen LogP contribution in [0.1, 0.15) is 18.7 Å². The maximum atomic E-state index is 5.59. The molecular weight excluding hydrogens is 190 g/mol. The fraction of sp³-hybridized carbons (Fsp3) is 0.400. The molecule has 0 bridgehead atoms. The van der Waals surface area contributed by atoms with Gasteiger partial charge >= 0.3 is 0 Å². The summed E-state index contributed by atoms with van der Waals surface area (Å²) in [6.07, 6.45) is 0. The Kier molecular flexibility index (Phi) is 2.55. The number of H-pyrrole nitrogens is 1. The lowest BCUT2D eigenvalue weighted by molar-refractivity contribution is 0.727. The topological polar surface area (TPSA) is 79.6 Å². The Morgan fingerprint density at radius 1 is 1.47 bits per heavy atom. The van der Waals surface area contributed by atoms with Crippen LogP contribution >= 0.6 is 0 Å². The minimum absolute atomic E-state index is 0.234. The van der Waals surface area contributed by atoms with Crippen LogP contribution in [0.25, 0.3) is 11.2 Å². The average Bonchev–Trinajstić information content (AvgIpc) is 2.70. The zero-order chi connectivity index (χ0) is 10.8. The third-order valence-corrected chi connectivity index (χ3v) is 2.44. The van der Waals surface area contributed by atoms with Crippen molar-refractivity contribution in [2.75, 3.05) is 18.9 Å². The number of aromatic nitrogens is 3. The Labute approximate surface area is 88.1 Å². The first kappa shape index (κ1) is 9.92. The molecule has 5 nitrogen and oxygen atoms in total. The summed E-state index contributed by atoms with van der Waals surface area (Å²) in [6.45, 7) is 2.62. The monoisotopic (exact) mass is 205 g/mol. The number of rotatable bonds is 3. The van der Waals surface area contributed by atoms with Crippen molar-refractivity contribution in [1.82, 2.24) is 15.0 Å². The molecule has 4 N–H and O–H groups in total. The summed E-state index contributed by atoms with van der Waals surface area (Å²) in [6, 6.07) is 3.88. The number of hydrogen-bond donors (Lipinski definition) is 3. The SMILES string of the molecule is CNc1ccc2[nH]c(C(C)CN)nc2n1. The number of hydrogen-bond acceptors (Lipinski definition) is 4. The third kappa shape index (κ3) is 1.78. The summed E-state index contributed by atoms with van der Waals surface area (Å²) < 4.78 is 0. The Morgan fingerprint density at radius 2 is 2.27 bits per heavy atom. The Bertz CT molecular complexity index is 462. The molecule has 2 aromatic heterocycles. The fourth-order valence-corrected chi connectivity index (χ4v) is 1.40. The van der Waals surface area contributed by atoms with Gasteiger partial charge in [-0.1, -0.05) is 6.92 Å². The highest BCUT2D eigenvalue weighted by molar-refractivity contribution is 5.72. The van der Waals surface area contributed by atoms with E-state index in [2.05, 4.69) is 20.3 Å². The molecule has 0 fully saturated rings. The molecule has 0 saturated heterocycles. The van der Waals surface area contributed by atoms with Gasteiger partial charge in [-0.05, 0) is 12.1 Å². The molecule has 0 radical (unpaired) electrons. The van der Waals surface area contributed by atoms with Crippen molar-refractivity contribution >= 4 is 17.0 Å². The number of nitrogens with one attached hydrogen (secondary N) is 2. The molecule has 1 atom stereocenters. The smallest absolute Gasteiger partial charge is 0.179 e. The molecular formula is C10H15N5. The second-order valence-corrected chi connectivity index (χ2v) is 3.58. The normalized spacial score (nSPS) is 13.0. The predicted molar refractivity (Wildman–Crippen MR) is 60.9 cm³/mol. The molecule has 0 amide bonds. The van der Waals surface area contributed by atoms with Gasteiger partial charge in [0, 0.05) is 19.5 Å². The number of nitrogens with two attached hydrogens (primary N) is 1. The van der Waals surface area contributed by atoms with Gasteiger partial charge in [0.05, 0.1) is 5.52 Å². The van der Waals surface area contributed by atoms with Crippen LogP contribution in [-0.4, -0.2) is 28.5 Å². The van der Waals surface area contributed by atoms with Crippen LogP contribution in [0.15, 0.2) is 12.1 Å². The zero-order valence-corrected chi connectivity index (χ0v) is 8.91. The van der Waals surface area contributed by atoms with Gasteiger partial charge in [-0.2, -0.15) is 0 Å². The van der Waals surface area contributed by atoms with Crippen molar-refractivity contribution in [1.29, 1.82) is 0 Å².